The van der Waals surface area contributed by atoms with Gasteiger partial charge in [-0.3, -0.25) is 0 Å². The number of hydrogen-bond donors (Lipinski definition) is 1. The van der Waals surface area contributed by atoms with Crippen molar-refractivity contribution in [1.29, 1.82) is 0 Å². The Balaban J connectivity index is 2.58. The number of hydrogen-bond acceptors (Lipinski definition) is 2. The fourth-order valence-corrected chi connectivity index (χ4v) is 2.08. The predicted octanol–water partition coefficient (Wildman–Crippen LogP) is 4.27. The molecule has 15 heavy (non-hydrogen) atoms. The molecular formula is C12H20BrNO. The van der Waals surface area contributed by atoms with Crippen LogP contribution >= 0.6 is 15.9 Å². The van der Waals surface area contributed by atoms with Crippen molar-refractivity contribution in [2.45, 2.75) is 45.6 Å². The molecule has 1 unspecified atom stereocenters. The highest BCUT2D eigenvalue weighted by Gasteiger charge is 2.16. The first kappa shape index (κ1) is 12.8. The first-order chi connectivity index (χ1) is 7.29. The number of nitrogens with one attached hydrogen (secondary N) is 1. The lowest BCUT2D eigenvalue weighted by Crippen LogP contribution is -2.22. The zero-order valence-electron chi connectivity index (χ0n) is 9.55. The van der Waals surface area contributed by atoms with Gasteiger partial charge in [0.05, 0.1) is 16.8 Å². The first-order valence-corrected chi connectivity index (χ1v) is 6.55. The van der Waals surface area contributed by atoms with E-state index in [1.807, 2.05) is 6.07 Å². The third-order valence-corrected chi connectivity index (χ3v) is 3.10. The van der Waals surface area contributed by atoms with E-state index in [1.54, 1.807) is 6.26 Å². The lowest BCUT2D eigenvalue weighted by molar-refractivity contribution is 0.386. The summed E-state index contributed by atoms with van der Waals surface area (Å²) in [5.74, 6) is 1.04. The molecule has 0 amide bonds. The minimum atomic E-state index is 0.356. The zero-order valence-corrected chi connectivity index (χ0v) is 11.1. The standard InChI is InChI=1S/C12H20BrNO/c1-3-5-6-11(14-8-4-2)12-10(13)7-9-15-12/h7,9,11,14H,3-6,8H2,1-2H3. The first-order valence-electron chi connectivity index (χ1n) is 5.75. The molecule has 0 aliphatic rings. The Morgan fingerprint density at radius 1 is 1.40 bits per heavy atom. The monoisotopic (exact) mass is 273 g/mol. The van der Waals surface area contributed by atoms with Crippen LogP contribution in [0.4, 0.5) is 0 Å². The lowest BCUT2D eigenvalue weighted by Gasteiger charge is -2.16. The average molecular weight is 274 g/mol. The number of unbranched alkanes of at least 4 members (excludes halogenated alkanes) is 1. The van der Waals surface area contributed by atoms with Crippen LogP contribution in [0, 0.1) is 0 Å². The van der Waals surface area contributed by atoms with E-state index >= 15 is 0 Å². The molecule has 2 nitrogen and oxygen atoms in total. The van der Waals surface area contributed by atoms with E-state index in [9.17, 15) is 0 Å². The number of halogens is 1. The Hall–Kier alpha value is -0.280. The Bertz CT molecular complexity index is 264. The molecule has 1 rings (SSSR count). The summed E-state index contributed by atoms with van der Waals surface area (Å²) in [5.41, 5.74) is 0. The van der Waals surface area contributed by atoms with Crippen molar-refractivity contribution in [3.63, 3.8) is 0 Å². The molecule has 1 atom stereocenters. The maximum atomic E-state index is 5.51. The van der Waals surface area contributed by atoms with Crippen LogP contribution in [0.3, 0.4) is 0 Å². The highest BCUT2D eigenvalue weighted by atomic mass is 79.9. The molecule has 3 heteroatoms. The van der Waals surface area contributed by atoms with Crippen molar-refractivity contribution >= 4 is 15.9 Å². The summed E-state index contributed by atoms with van der Waals surface area (Å²) in [4.78, 5) is 0. The molecule has 0 bridgehead atoms. The van der Waals surface area contributed by atoms with Crippen molar-refractivity contribution in [2.75, 3.05) is 6.54 Å². The minimum Gasteiger partial charge on any atom is -0.466 e. The second kappa shape index (κ2) is 7.07. The molecule has 0 aliphatic heterocycles. The van der Waals surface area contributed by atoms with Gasteiger partial charge in [-0.1, -0.05) is 26.7 Å². The van der Waals surface area contributed by atoms with Crippen molar-refractivity contribution in [1.82, 2.24) is 5.32 Å². The molecule has 0 saturated heterocycles. The van der Waals surface area contributed by atoms with Crippen LogP contribution in [0.1, 0.15) is 51.3 Å². The predicted molar refractivity (Wildman–Crippen MR) is 67.0 cm³/mol. The molecule has 1 aromatic heterocycles. The topological polar surface area (TPSA) is 25.2 Å². The third kappa shape index (κ3) is 3.99. The van der Waals surface area contributed by atoms with Crippen molar-refractivity contribution < 1.29 is 4.42 Å². The maximum Gasteiger partial charge on any atom is 0.134 e. The van der Waals surface area contributed by atoms with Crippen LogP contribution in [-0.2, 0) is 0 Å². The Morgan fingerprint density at radius 2 is 2.20 bits per heavy atom. The molecular weight excluding hydrogens is 254 g/mol. The summed E-state index contributed by atoms with van der Waals surface area (Å²) in [6, 6.07) is 2.32. The Labute approximate surface area is 101 Å². The molecule has 86 valence electrons. The van der Waals surface area contributed by atoms with Gasteiger partial charge in [0.25, 0.3) is 0 Å². The van der Waals surface area contributed by atoms with E-state index in [-0.39, 0.29) is 0 Å². The fraction of sp³-hybridized carbons (Fsp3) is 0.667. The average Bonchev–Trinajstić information content (AvgIpc) is 2.65. The minimum absolute atomic E-state index is 0.356. The van der Waals surface area contributed by atoms with Gasteiger partial charge in [-0.05, 0) is 41.4 Å². The van der Waals surface area contributed by atoms with E-state index in [2.05, 4.69) is 35.1 Å². The number of furan rings is 1. The Kier molecular flexibility index (Phi) is 6.03. The van der Waals surface area contributed by atoms with Crippen LogP contribution in [0.25, 0.3) is 0 Å². The van der Waals surface area contributed by atoms with Crippen LogP contribution in [-0.4, -0.2) is 6.54 Å². The SMILES string of the molecule is CCCCC(NCCC)c1occc1Br. The quantitative estimate of drug-likeness (QED) is 0.803. The Morgan fingerprint density at radius 3 is 2.73 bits per heavy atom. The van der Waals surface area contributed by atoms with Crippen molar-refractivity contribution in [3.8, 4) is 0 Å². The zero-order chi connectivity index (χ0) is 11.1. The largest absolute Gasteiger partial charge is 0.466 e. The third-order valence-electron chi connectivity index (χ3n) is 2.45. The van der Waals surface area contributed by atoms with Gasteiger partial charge in [-0.15, -0.1) is 0 Å². The van der Waals surface area contributed by atoms with E-state index in [0.717, 1.165) is 29.6 Å². The van der Waals surface area contributed by atoms with E-state index in [4.69, 9.17) is 4.42 Å². The van der Waals surface area contributed by atoms with Gasteiger partial charge < -0.3 is 9.73 Å². The van der Waals surface area contributed by atoms with Gasteiger partial charge in [0, 0.05) is 0 Å². The highest BCUT2D eigenvalue weighted by Crippen LogP contribution is 2.27. The molecule has 1 N–H and O–H groups in total. The van der Waals surface area contributed by atoms with Gasteiger partial charge in [0.2, 0.25) is 0 Å². The fourth-order valence-electron chi connectivity index (χ4n) is 1.61. The van der Waals surface area contributed by atoms with Gasteiger partial charge in [0.1, 0.15) is 5.76 Å². The molecule has 1 aromatic rings. The van der Waals surface area contributed by atoms with Crippen molar-refractivity contribution in [2.24, 2.45) is 0 Å². The molecule has 0 radical (unpaired) electrons. The smallest absolute Gasteiger partial charge is 0.134 e. The number of rotatable bonds is 7. The second-order valence-electron chi connectivity index (χ2n) is 3.78. The van der Waals surface area contributed by atoms with Crippen LogP contribution in [0.15, 0.2) is 21.2 Å². The molecule has 0 aromatic carbocycles. The summed E-state index contributed by atoms with van der Waals surface area (Å²) < 4.78 is 6.59. The molecule has 0 saturated carbocycles. The lowest BCUT2D eigenvalue weighted by atomic mass is 10.1. The van der Waals surface area contributed by atoms with Gasteiger partial charge in [-0.25, -0.2) is 0 Å². The van der Waals surface area contributed by atoms with Crippen molar-refractivity contribution in [3.05, 3.63) is 22.6 Å². The maximum absolute atomic E-state index is 5.51. The van der Waals surface area contributed by atoms with E-state index in [1.165, 1.54) is 12.8 Å². The summed E-state index contributed by atoms with van der Waals surface area (Å²) in [5, 5.41) is 3.52. The molecule has 0 spiro atoms. The summed E-state index contributed by atoms with van der Waals surface area (Å²) in [6.07, 6.45) is 6.49. The summed E-state index contributed by atoms with van der Waals surface area (Å²) >= 11 is 3.52. The van der Waals surface area contributed by atoms with Crippen LogP contribution in [0.5, 0.6) is 0 Å². The van der Waals surface area contributed by atoms with E-state index in [0.29, 0.717) is 6.04 Å². The van der Waals surface area contributed by atoms with Gasteiger partial charge in [-0.2, -0.15) is 0 Å². The normalized spacial score (nSPS) is 13.0. The highest BCUT2D eigenvalue weighted by molar-refractivity contribution is 9.10. The molecule has 0 fully saturated rings. The second-order valence-corrected chi connectivity index (χ2v) is 4.64. The van der Waals surface area contributed by atoms with Crippen LogP contribution in [0.2, 0.25) is 0 Å². The molecule has 0 aliphatic carbocycles. The van der Waals surface area contributed by atoms with Gasteiger partial charge in [0.15, 0.2) is 0 Å². The van der Waals surface area contributed by atoms with Gasteiger partial charge >= 0.3 is 0 Å². The molecule has 1 heterocycles. The van der Waals surface area contributed by atoms with Crippen LogP contribution < -0.4 is 5.32 Å². The summed E-state index contributed by atoms with van der Waals surface area (Å²) in [6.45, 7) is 5.44. The summed E-state index contributed by atoms with van der Waals surface area (Å²) in [7, 11) is 0. The van der Waals surface area contributed by atoms with E-state index < -0.39 is 0 Å².